The number of nitrogens with one attached hydrogen (secondary N) is 1. The van der Waals surface area contributed by atoms with Crippen molar-refractivity contribution in [3.63, 3.8) is 0 Å². The number of anilines is 1. The lowest BCUT2D eigenvalue weighted by Crippen LogP contribution is -2.24. The first kappa shape index (κ1) is 13.4. The van der Waals surface area contributed by atoms with Crippen molar-refractivity contribution >= 4 is 33.3 Å². The van der Waals surface area contributed by atoms with E-state index in [2.05, 4.69) is 38.4 Å². The third-order valence-electron chi connectivity index (χ3n) is 2.59. The Hall–Kier alpha value is -1.06. The molecule has 1 heterocycles. The van der Waals surface area contributed by atoms with Crippen molar-refractivity contribution < 1.29 is 0 Å². The summed E-state index contributed by atoms with van der Waals surface area (Å²) in [6.45, 7) is 0. The van der Waals surface area contributed by atoms with E-state index in [4.69, 9.17) is 11.6 Å². The fourth-order valence-electron chi connectivity index (χ4n) is 1.71. The number of halogens is 2. The molecule has 0 bridgehead atoms. The van der Waals surface area contributed by atoms with Crippen LogP contribution in [0.3, 0.4) is 0 Å². The third kappa shape index (κ3) is 4.00. The second kappa shape index (κ2) is 6.76. The molecule has 2 aromatic rings. The van der Waals surface area contributed by atoms with Crippen LogP contribution in [0.25, 0.3) is 0 Å². The molecule has 1 aromatic heterocycles. The maximum absolute atomic E-state index is 6.00. The number of aromatic nitrogens is 1. The summed E-state index contributed by atoms with van der Waals surface area (Å²) in [4.78, 5) is 4.29. The van der Waals surface area contributed by atoms with Crippen LogP contribution in [0.5, 0.6) is 0 Å². The first-order valence-electron chi connectivity index (χ1n) is 5.76. The van der Waals surface area contributed by atoms with E-state index in [0.29, 0.717) is 5.88 Å². The molecule has 4 heteroatoms. The molecule has 0 aliphatic rings. The number of nitrogens with zero attached hydrogens (tertiary/aromatic N) is 1. The average molecular weight is 326 g/mol. The number of hydrogen-bond donors (Lipinski definition) is 1. The zero-order valence-electron chi connectivity index (χ0n) is 9.81. The van der Waals surface area contributed by atoms with E-state index in [1.165, 1.54) is 5.56 Å². The van der Waals surface area contributed by atoms with Crippen LogP contribution < -0.4 is 5.32 Å². The Morgan fingerprint density at radius 3 is 2.56 bits per heavy atom. The van der Waals surface area contributed by atoms with Gasteiger partial charge in [0.1, 0.15) is 5.82 Å². The summed E-state index contributed by atoms with van der Waals surface area (Å²) in [6.07, 6.45) is 2.66. The Labute approximate surface area is 121 Å². The first-order chi connectivity index (χ1) is 8.78. The van der Waals surface area contributed by atoms with Gasteiger partial charge in [0, 0.05) is 22.6 Å². The lowest BCUT2D eigenvalue weighted by atomic mass is 10.1. The van der Waals surface area contributed by atoms with E-state index in [0.717, 1.165) is 16.7 Å². The molecule has 0 aliphatic carbocycles. The molecular formula is C14H14BrClN2. The van der Waals surface area contributed by atoms with Crippen LogP contribution in [0.2, 0.25) is 0 Å². The first-order valence-corrected chi connectivity index (χ1v) is 7.08. The van der Waals surface area contributed by atoms with Crippen LogP contribution in [0.15, 0.2) is 53.1 Å². The Balaban J connectivity index is 1.99. The van der Waals surface area contributed by atoms with Crippen LogP contribution >= 0.6 is 27.5 Å². The van der Waals surface area contributed by atoms with Gasteiger partial charge in [-0.15, -0.1) is 11.6 Å². The van der Waals surface area contributed by atoms with Gasteiger partial charge in [0.05, 0.1) is 0 Å². The summed E-state index contributed by atoms with van der Waals surface area (Å²) in [5.41, 5.74) is 1.27. The fourth-order valence-corrected chi connectivity index (χ4v) is 2.13. The van der Waals surface area contributed by atoms with E-state index in [1.54, 1.807) is 6.20 Å². The van der Waals surface area contributed by atoms with Gasteiger partial charge in [-0.3, -0.25) is 0 Å². The SMILES string of the molecule is ClCC(Cc1ccccc1)Nc1ccc(Br)cn1. The van der Waals surface area contributed by atoms with E-state index in [-0.39, 0.29) is 6.04 Å². The maximum atomic E-state index is 6.00. The molecule has 1 N–H and O–H groups in total. The molecule has 0 amide bonds. The Kier molecular flexibility index (Phi) is 5.02. The second-order valence-corrected chi connectivity index (χ2v) is 5.27. The summed E-state index contributed by atoms with van der Waals surface area (Å²) in [5, 5.41) is 3.34. The van der Waals surface area contributed by atoms with Gasteiger partial charge >= 0.3 is 0 Å². The van der Waals surface area contributed by atoms with E-state index in [1.807, 2.05) is 30.3 Å². The molecule has 0 spiro atoms. The topological polar surface area (TPSA) is 24.9 Å². The minimum atomic E-state index is 0.183. The molecule has 0 saturated heterocycles. The Morgan fingerprint density at radius 2 is 1.94 bits per heavy atom. The van der Waals surface area contributed by atoms with Crippen molar-refractivity contribution in [1.29, 1.82) is 0 Å². The normalized spacial score (nSPS) is 12.1. The van der Waals surface area contributed by atoms with Crippen LogP contribution in [0, 0.1) is 0 Å². The smallest absolute Gasteiger partial charge is 0.126 e. The van der Waals surface area contributed by atoms with Crippen molar-refractivity contribution in [3.05, 3.63) is 58.7 Å². The highest BCUT2D eigenvalue weighted by molar-refractivity contribution is 9.10. The highest BCUT2D eigenvalue weighted by atomic mass is 79.9. The van der Waals surface area contributed by atoms with Crippen molar-refractivity contribution in [2.45, 2.75) is 12.5 Å². The summed E-state index contributed by atoms with van der Waals surface area (Å²) in [6, 6.07) is 14.4. The van der Waals surface area contributed by atoms with E-state index < -0.39 is 0 Å². The van der Waals surface area contributed by atoms with Crippen molar-refractivity contribution in [1.82, 2.24) is 4.98 Å². The summed E-state index contributed by atoms with van der Waals surface area (Å²) in [5.74, 6) is 1.40. The lowest BCUT2D eigenvalue weighted by molar-refractivity contribution is 0.791. The summed E-state index contributed by atoms with van der Waals surface area (Å²) in [7, 11) is 0. The maximum Gasteiger partial charge on any atom is 0.126 e. The molecule has 0 aliphatic heterocycles. The molecule has 0 radical (unpaired) electrons. The van der Waals surface area contributed by atoms with Gasteiger partial charge in [0.15, 0.2) is 0 Å². The molecule has 2 rings (SSSR count). The number of benzene rings is 1. The summed E-state index contributed by atoms with van der Waals surface area (Å²) < 4.78 is 0.971. The molecule has 1 aromatic carbocycles. The number of pyridine rings is 1. The largest absolute Gasteiger partial charge is 0.366 e. The average Bonchev–Trinajstić information content (AvgIpc) is 2.41. The molecule has 0 saturated carbocycles. The number of hydrogen-bond acceptors (Lipinski definition) is 2. The zero-order valence-corrected chi connectivity index (χ0v) is 12.2. The molecular weight excluding hydrogens is 312 g/mol. The summed E-state index contributed by atoms with van der Waals surface area (Å²) >= 11 is 9.37. The van der Waals surface area contributed by atoms with E-state index in [9.17, 15) is 0 Å². The predicted molar refractivity (Wildman–Crippen MR) is 80.2 cm³/mol. The Bertz CT molecular complexity index is 473. The quantitative estimate of drug-likeness (QED) is 0.837. The monoisotopic (exact) mass is 324 g/mol. The van der Waals surface area contributed by atoms with Gasteiger partial charge in [0.2, 0.25) is 0 Å². The van der Waals surface area contributed by atoms with Crippen LogP contribution in [0.1, 0.15) is 5.56 Å². The highest BCUT2D eigenvalue weighted by Gasteiger charge is 2.08. The standard InChI is InChI=1S/C14H14BrClN2/c15-12-6-7-14(17-10-12)18-13(9-16)8-11-4-2-1-3-5-11/h1-7,10,13H,8-9H2,(H,17,18). The number of alkyl halides is 1. The zero-order chi connectivity index (χ0) is 12.8. The van der Waals surface area contributed by atoms with Crippen molar-refractivity contribution in [2.24, 2.45) is 0 Å². The van der Waals surface area contributed by atoms with Gasteiger partial charge < -0.3 is 5.32 Å². The van der Waals surface area contributed by atoms with Gasteiger partial charge in [0.25, 0.3) is 0 Å². The molecule has 94 valence electrons. The number of rotatable bonds is 5. The van der Waals surface area contributed by atoms with Crippen LogP contribution in [-0.4, -0.2) is 16.9 Å². The molecule has 0 fully saturated rings. The third-order valence-corrected chi connectivity index (χ3v) is 3.43. The van der Waals surface area contributed by atoms with Gasteiger partial charge in [-0.2, -0.15) is 0 Å². The molecule has 2 nitrogen and oxygen atoms in total. The molecule has 18 heavy (non-hydrogen) atoms. The van der Waals surface area contributed by atoms with Gasteiger partial charge in [-0.25, -0.2) is 4.98 Å². The van der Waals surface area contributed by atoms with Crippen molar-refractivity contribution in [3.8, 4) is 0 Å². The van der Waals surface area contributed by atoms with Crippen LogP contribution in [0.4, 0.5) is 5.82 Å². The minimum absolute atomic E-state index is 0.183. The van der Waals surface area contributed by atoms with Crippen molar-refractivity contribution in [2.75, 3.05) is 11.2 Å². The molecule has 1 atom stereocenters. The van der Waals surface area contributed by atoms with Crippen LogP contribution in [-0.2, 0) is 6.42 Å². The highest BCUT2D eigenvalue weighted by Crippen LogP contribution is 2.13. The lowest BCUT2D eigenvalue weighted by Gasteiger charge is -2.16. The Morgan fingerprint density at radius 1 is 1.17 bits per heavy atom. The van der Waals surface area contributed by atoms with Gasteiger partial charge in [-0.1, -0.05) is 30.3 Å². The molecule has 1 unspecified atom stereocenters. The second-order valence-electron chi connectivity index (χ2n) is 4.05. The fraction of sp³-hybridized carbons (Fsp3) is 0.214. The van der Waals surface area contributed by atoms with E-state index >= 15 is 0 Å². The predicted octanol–water partition coefficient (Wildman–Crippen LogP) is 4.11. The van der Waals surface area contributed by atoms with Gasteiger partial charge in [-0.05, 0) is 40.0 Å². The minimum Gasteiger partial charge on any atom is -0.366 e.